The molecule has 12 heteroatoms. The van der Waals surface area contributed by atoms with E-state index in [9.17, 15) is 21.6 Å². The van der Waals surface area contributed by atoms with Crippen LogP contribution in [0.5, 0.6) is 5.75 Å². The number of carbonyl (C=O) groups excluding carboxylic acids is 1. The van der Waals surface area contributed by atoms with Crippen LogP contribution in [0.3, 0.4) is 0 Å². The molecule has 9 nitrogen and oxygen atoms in total. The quantitative estimate of drug-likeness (QED) is 0.546. The number of sulfonamides is 2. The number of anilines is 1. The number of halogens is 1. The summed E-state index contributed by atoms with van der Waals surface area (Å²) in [5.74, 6) is -0.555. The first-order valence-electron chi connectivity index (χ1n) is 11.1. The lowest BCUT2D eigenvalue weighted by Gasteiger charge is -2.31. The van der Waals surface area contributed by atoms with E-state index in [-0.39, 0.29) is 33.8 Å². The van der Waals surface area contributed by atoms with E-state index in [4.69, 9.17) is 16.3 Å². The van der Waals surface area contributed by atoms with Crippen molar-refractivity contribution in [2.75, 3.05) is 39.1 Å². The first-order valence-corrected chi connectivity index (χ1v) is 14.4. The molecule has 1 amide bonds. The number of carbonyl (C=O) groups is 1. The van der Waals surface area contributed by atoms with Gasteiger partial charge in [0.1, 0.15) is 5.75 Å². The van der Waals surface area contributed by atoms with Crippen LogP contribution in [0, 0.1) is 12.8 Å². The van der Waals surface area contributed by atoms with Gasteiger partial charge in [-0.2, -0.15) is 4.31 Å². The Morgan fingerprint density at radius 3 is 2.46 bits per heavy atom. The molecular formula is C23H30ClN3O6S2. The zero-order valence-corrected chi connectivity index (χ0v) is 22.5. The highest BCUT2D eigenvalue weighted by atomic mass is 35.5. The van der Waals surface area contributed by atoms with Gasteiger partial charge in [0, 0.05) is 32.9 Å². The van der Waals surface area contributed by atoms with E-state index in [1.165, 1.54) is 48.7 Å². The third-order valence-corrected chi connectivity index (χ3v) is 9.81. The molecule has 0 aliphatic carbocycles. The van der Waals surface area contributed by atoms with Crippen LogP contribution in [-0.2, 0) is 24.8 Å². The zero-order valence-electron chi connectivity index (χ0n) is 20.1. The maximum Gasteiger partial charge on any atom is 0.243 e. The fourth-order valence-corrected chi connectivity index (χ4v) is 6.56. The van der Waals surface area contributed by atoms with Gasteiger partial charge in [0.15, 0.2) is 0 Å². The number of nitrogens with one attached hydrogen (secondary N) is 1. The van der Waals surface area contributed by atoms with E-state index in [0.717, 1.165) is 4.31 Å². The Kier molecular flexibility index (Phi) is 8.48. The molecule has 2 aromatic carbocycles. The average molecular weight is 544 g/mol. The van der Waals surface area contributed by atoms with Crippen molar-refractivity contribution in [1.29, 1.82) is 0 Å². The molecule has 192 valence electrons. The lowest BCUT2D eigenvalue weighted by atomic mass is 9.98. The highest BCUT2D eigenvalue weighted by Gasteiger charge is 2.34. The third kappa shape index (κ3) is 5.97. The standard InChI is InChI=1S/C23H30ClN3O6S2/c1-5-33-22-11-10-18(13-20(22)24)35(31,32)27-12-6-7-17(15-27)23(28)25-21-14-19(9-8-16(21)2)34(29,30)26(3)4/h8-11,13-14,17H,5-7,12,15H2,1-4H3,(H,25,28). The van der Waals surface area contributed by atoms with E-state index in [1.807, 2.05) is 0 Å². The first kappa shape index (κ1) is 27.4. The summed E-state index contributed by atoms with van der Waals surface area (Å²) in [4.78, 5) is 13.2. The van der Waals surface area contributed by atoms with Crippen LogP contribution in [0.1, 0.15) is 25.3 Å². The van der Waals surface area contributed by atoms with Crippen molar-refractivity contribution in [3.05, 3.63) is 47.0 Å². The SMILES string of the molecule is CCOc1ccc(S(=O)(=O)N2CCCC(C(=O)Nc3cc(S(=O)(=O)N(C)C)ccc3C)C2)cc1Cl. The average Bonchev–Trinajstić information content (AvgIpc) is 2.81. The molecule has 35 heavy (non-hydrogen) atoms. The van der Waals surface area contributed by atoms with Crippen LogP contribution < -0.4 is 10.1 Å². The summed E-state index contributed by atoms with van der Waals surface area (Å²) in [5, 5.41) is 2.99. The number of piperidine rings is 1. The van der Waals surface area contributed by atoms with Gasteiger partial charge in [0.2, 0.25) is 26.0 Å². The van der Waals surface area contributed by atoms with Gasteiger partial charge in [-0.3, -0.25) is 4.79 Å². The van der Waals surface area contributed by atoms with Gasteiger partial charge in [-0.15, -0.1) is 0 Å². The second-order valence-electron chi connectivity index (χ2n) is 8.48. The predicted molar refractivity (Wildman–Crippen MR) is 135 cm³/mol. The van der Waals surface area contributed by atoms with Crippen LogP contribution in [0.15, 0.2) is 46.2 Å². The number of amides is 1. The monoisotopic (exact) mass is 543 g/mol. The lowest BCUT2D eigenvalue weighted by molar-refractivity contribution is -0.120. The van der Waals surface area contributed by atoms with Gasteiger partial charge in [-0.1, -0.05) is 17.7 Å². The Labute approximate surface area is 212 Å². The third-order valence-electron chi connectivity index (χ3n) is 5.84. The van der Waals surface area contributed by atoms with Gasteiger partial charge >= 0.3 is 0 Å². The molecule has 1 aliphatic rings. The molecule has 0 bridgehead atoms. The minimum absolute atomic E-state index is 0.00767. The van der Waals surface area contributed by atoms with Crippen LogP contribution in [0.25, 0.3) is 0 Å². The zero-order chi connectivity index (χ0) is 26.0. The normalized spacial score (nSPS) is 17.4. The molecule has 3 rings (SSSR count). The molecule has 1 atom stereocenters. The summed E-state index contributed by atoms with van der Waals surface area (Å²) in [6, 6.07) is 8.84. The van der Waals surface area contributed by atoms with Crippen molar-refractivity contribution in [2.45, 2.75) is 36.5 Å². The summed E-state index contributed by atoms with van der Waals surface area (Å²) < 4.78 is 59.2. The smallest absolute Gasteiger partial charge is 0.243 e. The van der Waals surface area contributed by atoms with Crippen molar-refractivity contribution in [3.8, 4) is 5.75 Å². The highest BCUT2D eigenvalue weighted by molar-refractivity contribution is 7.89. The number of hydrogen-bond donors (Lipinski definition) is 1. The summed E-state index contributed by atoms with van der Waals surface area (Å²) >= 11 is 6.18. The summed E-state index contributed by atoms with van der Waals surface area (Å²) in [6.45, 7) is 4.26. The molecule has 0 aromatic heterocycles. The Bertz CT molecular complexity index is 1310. The molecule has 1 unspecified atom stereocenters. The van der Waals surface area contributed by atoms with Crippen molar-refractivity contribution in [3.63, 3.8) is 0 Å². The topological polar surface area (TPSA) is 113 Å². The van der Waals surface area contributed by atoms with E-state index >= 15 is 0 Å². The van der Waals surface area contributed by atoms with Gasteiger partial charge in [-0.05, 0) is 62.6 Å². The number of benzene rings is 2. The van der Waals surface area contributed by atoms with Crippen molar-refractivity contribution in [2.24, 2.45) is 5.92 Å². The number of aryl methyl sites for hydroxylation is 1. The van der Waals surface area contributed by atoms with Gasteiger partial charge in [0.25, 0.3) is 0 Å². The summed E-state index contributed by atoms with van der Waals surface area (Å²) in [5.41, 5.74) is 1.07. The van der Waals surface area contributed by atoms with E-state index in [2.05, 4.69) is 5.32 Å². The van der Waals surface area contributed by atoms with E-state index in [0.29, 0.717) is 36.4 Å². The van der Waals surface area contributed by atoms with Gasteiger partial charge in [0.05, 0.1) is 27.3 Å². The predicted octanol–water partition coefficient (Wildman–Crippen LogP) is 3.34. The summed E-state index contributed by atoms with van der Waals surface area (Å²) in [7, 11) is -4.68. The van der Waals surface area contributed by atoms with E-state index < -0.39 is 26.0 Å². The largest absolute Gasteiger partial charge is 0.492 e. The molecule has 1 N–H and O–H groups in total. The Balaban J connectivity index is 1.78. The molecule has 1 heterocycles. The van der Waals surface area contributed by atoms with Crippen molar-refractivity contribution >= 4 is 43.2 Å². The van der Waals surface area contributed by atoms with Crippen LogP contribution in [0.4, 0.5) is 5.69 Å². The molecular weight excluding hydrogens is 514 g/mol. The second kappa shape index (κ2) is 10.8. The lowest BCUT2D eigenvalue weighted by Crippen LogP contribution is -2.43. The molecule has 0 spiro atoms. The minimum atomic E-state index is -3.87. The van der Waals surface area contributed by atoms with Crippen molar-refractivity contribution in [1.82, 2.24) is 8.61 Å². The number of nitrogens with zero attached hydrogens (tertiary/aromatic N) is 2. The fourth-order valence-electron chi connectivity index (χ4n) is 3.78. The summed E-state index contributed by atoms with van der Waals surface area (Å²) in [6.07, 6.45) is 1.02. The minimum Gasteiger partial charge on any atom is -0.492 e. The number of rotatable bonds is 8. The van der Waals surface area contributed by atoms with Gasteiger partial charge < -0.3 is 10.1 Å². The maximum atomic E-state index is 13.2. The first-order chi connectivity index (χ1) is 16.4. The molecule has 1 saturated heterocycles. The molecule has 1 aliphatic heterocycles. The van der Waals surface area contributed by atoms with Crippen LogP contribution >= 0.6 is 11.6 Å². The molecule has 2 aromatic rings. The molecule has 0 saturated carbocycles. The maximum absolute atomic E-state index is 13.2. The Morgan fingerprint density at radius 1 is 1.14 bits per heavy atom. The van der Waals surface area contributed by atoms with Crippen LogP contribution in [0.2, 0.25) is 5.02 Å². The van der Waals surface area contributed by atoms with E-state index in [1.54, 1.807) is 19.9 Å². The number of hydrogen-bond acceptors (Lipinski definition) is 6. The Hall–Kier alpha value is -2.18. The van der Waals surface area contributed by atoms with Crippen molar-refractivity contribution < 1.29 is 26.4 Å². The fraction of sp³-hybridized carbons (Fsp3) is 0.435. The van der Waals surface area contributed by atoms with Crippen LogP contribution in [-0.4, -0.2) is 65.1 Å². The van der Waals surface area contributed by atoms with Gasteiger partial charge in [-0.25, -0.2) is 21.1 Å². The highest BCUT2D eigenvalue weighted by Crippen LogP contribution is 2.31. The molecule has 0 radical (unpaired) electrons. The Morgan fingerprint density at radius 2 is 1.83 bits per heavy atom. The molecule has 1 fully saturated rings. The second-order valence-corrected chi connectivity index (χ2v) is 13.0. The number of ether oxygens (including phenoxy) is 1.